The third-order valence-electron chi connectivity index (χ3n) is 12.4. The number of para-hydroxylation sites is 2. The fourth-order valence-electron chi connectivity index (χ4n) is 8.42. The summed E-state index contributed by atoms with van der Waals surface area (Å²) in [5.41, 5.74) is -1.26. The molecule has 0 amide bonds. The molecule has 19 nitrogen and oxygen atoms in total. The van der Waals surface area contributed by atoms with Gasteiger partial charge in [-0.3, -0.25) is 28.7 Å². The van der Waals surface area contributed by atoms with Crippen LogP contribution in [-0.4, -0.2) is 86.2 Å². The number of benzene rings is 2. The number of Topliss-reactive ketones (excluding diaryl/α,β-unsaturated/α-hetero) is 2. The van der Waals surface area contributed by atoms with E-state index in [1.807, 2.05) is 83.1 Å². The summed E-state index contributed by atoms with van der Waals surface area (Å²) >= 11 is 2.52. The quantitative estimate of drug-likeness (QED) is 0.0876. The standard InChI is InChI=1S/C26H31N5O4S.C17H21N5O3S.C9H12O2.2CH4/c1-16(2)15-20(32)26(4,5)30-22(33)21-17(3)23(31-27-12-13-28-31)36-24(21)29(25(30)34)14-11-18-9-7-8-10-19(18)35-6;1-9(2)8-11(23)17(4,5)21-14(24)12-10(3)15(22-18-6-7-19-22)26-13(12)20-16(21)25;1-11-9-5-3-2-4-8(9)6-7-10;;/h7-10,12-13,16H,11,14-15H2,1-6H3;6-7,9H,8H2,1-5H3,(H,20,25);2-5,10H,6-7H2,1H3;2*1H4. The Morgan fingerprint density at radius 2 is 1.08 bits per heavy atom. The first-order chi connectivity index (χ1) is 34.6. The Balaban J connectivity index is 0.000000272. The van der Waals surface area contributed by atoms with Crippen LogP contribution in [0.2, 0.25) is 0 Å². The molecule has 0 atom stereocenters. The monoisotopic (exact) mass is 1070 g/mol. The van der Waals surface area contributed by atoms with Crippen molar-refractivity contribution in [1.29, 1.82) is 0 Å². The van der Waals surface area contributed by atoms with Crippen molar-refractivity contribution in [3.8, 4) is 21.5 Å². The number of fused-ring (bicyclic) bond motifs is 2. The maximum absolute atomic E-state index is 13.9. The van der Waals surface area contributed by atoms with Gasteiger partial charge in [0.1, 0.15) is 42.2 Å². The van der Waals surface area contributed by atoms with Gasteiger partial charge in [-0.2, -0.15) is 20.4 Å². The molecule has 0 aliphatic heterocycles. The number of carbonyl (C=O) groups excluding carboxylic acids is 2. The third kappa shape index (κ3) is 12.7. The summed E-state index contributed by atoms with van der Waals surface area (Å²) in [5, 5.41) is 27.4. The zero-order chi connectivity index (χ0) is 53.5. The van der Waals surface area contributed by atoms with Gasteiger partial charge in [0.25, 0.3) is 11.1 Å². The number of aliphatic hydroxyl groups is 1. The summed E-state index contributed by atoms with van der Waals surface area (Å²) < 4.78 is 14.3. The second-order valence-corrected chi connectivity index (χ2v) is 21.2. The number of carbonyl (C=O) groups is 2. The minimum Gasteiger partial charge on any atom is -0.496 e. The average Bonchev–Trinajstić information content (AvgIpc) is 4.18. The number of nitrogens with one attached hydrogen (secondary N) is 1. The number of aromatic nitrogens is 10. The average molecular weight is 1070 g/mol. The molecule has 0 radical (unpaired) electrons. The van der Waals surface area contributed by atoms with Crippen LogP contribution in [-0.2, 0) is 40.1 Å². The molecule has 8 rings (SSSR count). The highest BCUT2D eigenvalue weighted by Gasteiger charge is 2.36. The molecule has 8 aromatic rings. The number of aromatic amines is 1. The number of ether oxygens (including phenoxy) is 2. The molecule has 6 aromatic heterocycles. The topological polar surface area (TPSA) is 233 Å². The van der Waals surface area contributed by atoms with Crippen LogP contribution in [0.1, 0.15) is 105 Å². The molecule has 0 aliphatic rings. The van der Waals surface area contributed by atoms with Crippen molar-refractivity contribution in [2.45, 2.75) is 127 Å². The second kappa shape index (κ2) is 25.4. The van der Waals surface area contributed by atoms with Gasteiger partial charge < -0.3 is 14.6 Å². The van der Waals surface area contributed by atoms with Crippen LogP contribution in [0.25, 0.3) is 30.4 Å². The van der Waals surface area contributed by atoms with Crippen molar-refractivity contribution in [2.75, 3.05) is 20.8 Å². The zero-order valence-corrected chi connectivity index (χ0v) is 45.0. The molecule has 75 heavy (non-hydrogen) atoms. The number of aliphatic hydroxyl groups excluding tert-OH is 1. The number of hydrogen-bond acceptors (Lipinski definition) is 15. The van der Waals surface area contributed by atoms with Gasteiger partial charge in [0.2, 0.25) is 0 Å². The largest absolute Gasteiger partial charge is 0.496 e. The lowest BCUT2D eigenvalue weighted by atomic mass is 9.91. The lowest BCUT2D eigenvalue weighted by molar-refractivity contribution is -0.127. The Kier molecular flexibility index (Phi) is 20.5. The summed E-state index contributed by atoms with van der Waals surface area (Å²) in [6.45, 7) is 18.3. The van der Waals surface area contributed by atoms with Crippen LogP contribution < -0.4 is 32.0 Å². The highest BCUT2D eigenvalue weighted by atomic mass is 32.1. The first kappa shape index (κ1) is 60.5. The van der Waals surface area contributed by atoms with Gasteiger partial charge in [-0.15, -0.1) is 9.59 Å². The van der Waals surface area contributed by atoms with E-state index >= 15 is 0 Å². The second-order valence-electron chi connectivity index (χ2n) is 19.2. The van der Waals surface area contributed by atoms with Gasteiger partial charge in [0.05, 0.1) is 49.8 Å². The van der Waals surface area contributed by atoms with E-state index in [1.54, 1.807) is 78.2 Å². The van der Waals surface area contributed by atoms with E-state index in [0.717, 1.165) is 31.8 Å². The molecular weight excluding hydrogens is 997 g/mol. The lowest BCUT2D eigenvalue weighted by Crippen LogP contribution is -2.52. The molecule has 0 aliphatic carbocycles. The highest BCUT2D eigenvalue weighted by molar-refractivity contribution is 7.21. The highest BCUT2D eigenvalue weighted by Crippen LogP contribution is 2.33. The summed E-state index contributed by atoms with van der Waals surface area (Å²) in [6, 6.07) is 15.3. The summed E-state index contributed by atoms with van der Waals surface area (Å²) in [4.78, 5) is 86.0. The van der Waals surface area contributed by atoms with Gasteiger partial charge in [-0.1, -0.05) is 102 Å². The smallest absolute Gasteiger partial charge is 0.332 e. The number of H-pyrrole nitrogens is 1. The minimum atomic E-state index is -1.31. The van der Waals surface area contributed by atoms with E-state index < -0.39 is 33.6 Å². The zero-order valence-electron chi connectivity index (χ0n) is 43.4. The molecule has 0 saturated carbocycles. The van der Waals surface area contributed by atoms with Crippen LogP contribution in [0.5, 0.6) is 11.5 Å². The first-order valence-corrected chi connectivity index (χ1v) is 25.5. The Morgan fingerprint density at radius 1 is 0.653 bits per heavy atom. The van der Waals surface area contributed by atoms with Crippen LogP contribution in [0.15, 0.2) is 92.5 Å². The Hall–Kier alpha value is -7.10. The Morgan fingerprint density at radius 3 is 1.55 bits per heavy atom. The van der Waals surface area contributed by atoms with Crippen molar-refractivity contribution < 1.29 is 24.2 Å². The van der Waals surface area contributed by atoms with Gasteiger partial charge in [0, 0.05) is 37.1 Å². The van der Waals surface area contributed by atoms with E-state index in [9.17, 15) is 28.8 Å². The number of hydrogen-bond donors (Lipinski definition) is 2. The summed E-state index contributed by atoms with van der Waals surface area (Å²) in [7, 11) is 3.24. The van der Waals surface area contributed by atoms with Gasteiger partial charge in [-0.05, 0) is 89.5 Å². The lowest BCUT2D eigenvalue weighted by Gasteiger charge is -2.27. The fourth-order valence-corrected chi connectivity index (χ4v) is 10.8. The van der Waals surface area contributed by atoms with E-state index in [4.69, 9.17) is 14.6 Å². The third-order valence-corrected chi connectivity index (χ3v) is 14.8. The molecule has 21 heteroatoms. The van der Waals surface area contributed by atoms with E-state index in [0.29, 0.717) is 67.4 Å². The number of rotatable bonds is 17. The predicted molar refractivity (Wildman–Crippen MR) is 298 cm³/mol. The maximum atomic E-state index is 13.9. The Labute approximate surface area is 444 Å². The molecule has 0 saturated heterocycles. The molecule has 0 unspecified atom stereocenters. The predicted octanol–water partition coefficient (Wildman–Crippen LogP) is 8.21. The van der Waals surface area contributed by atoms with E-state index in [-0.39, 0.29) is 51.3 Å². The molecule has 2 N–H and O–H groups in total. The van der Waals surface area contributed by atoms with Crippen LogP contribution in [0.4, 0.5) is 0 Å². The molecule has 2 aromatic carbocycles. The van der Waals surface area contributed by atoms with Crippen molar-refractivity contribution in [3.05, 3.63) is 137 Å². The fraction of sp³-hybridized carbons (Fsp3) is 0.444. The minimum absolute atomic E-state index is 0. The Bertz CT molecular complexity index is 3470. The number of thiophene rings is 2. The van der Waals surface area contributed by atoms with Crippen LogP contribution in [0, 0.1) is 25.7 Å². The molecular formula is C54H72N10O9S2. The van der Waals surface area contributed by atoms with Crippen LogP contribution in [0.3, 0.4) is 0 Å². The van der Waals surface area contributed by atoms with Crippen molar-refractivity contribution in [3.63, 3.8) is 0 Å². The van der Waals surface area contributed by atoms with Gasteiger partial charge in [-0.25, -0.2) is 18.7 Å². The van der Waals surface area contributed by atoms with Crippen LogP contribution >= 0.6 is 22.7 Å². The van der Waals surface area contributed by atoms with Crippen molar-refractivity contribution >= 4 is 54.7 Å². The normalized spacial score (nSPS) is 11.4. The molecule has 6 heterocycles. The first-order valence-electron chi connectivity index (χ1n) is 23.8. The van der Waals surface area contributed by atoms with Crippen molar-refractivity contribution in [1.82, 2.24) is 48.7 Å². The van der Waals surface area contributed by atoms with Gasteiger partial charge >= 0.3 is 11.4 Å². The van der Waals surface area contributed by atoms with Crippen molar-refractivity contribution in [2.24, 2.45) is 11.8 Å². The van der Waals surface area contributed by atoms with E-state index in [2.05, 4.69) is 25.4 Å². The summed E-state index contributed by atoms with van der Waals surface area (Å²) in [6.07, 6.45) is 7.92. The molecule has 0 bridgehead atoms. The molecule has 0 spiro atoms. The SMILES string of the molecule is C.C.COc1ccccc1CCO.COc1ccccc1CCn1c(=O)n(C(C)(C)C(=O)CC(C)C)c(=O)c2c(C)c(-n3nccn3)sc21.Cc1c(-n2nccn2)sc2[nH]c(=O)n(C(C)(C)C(=O)CC(C)C)c(=O)c12. The number of aryl methyl sites for hydroxylation is 4. The van der Waals surface area contributed by atoms with Gasteiger partial charge in [0.15, 0.2) is 11.6 Å². The molecule has 404 valence electrons. The maximum Gasteiger partial charge on any atom is 0.332 e. The number of methoxy groups -OCH3 is 2. The van der Waals surface area contributed by atoms with E-state index in [1.165, 1.54) is 32.3 Å². The number of nitrogens with zero attached hydrogens (tertiary/aromatic N) is 9. The summed E-state index contributed by atoms with van der Waals surface area (Å²) in [5.74, 6) is 1.51. The number of ketones is 2. The molecule has 0 fully saturated rings.